The Kier molecular flexibility index (Phi) is 38.5. The summed E-state index contributed by atoms with van der Waals surface area (Å²) in [6.45, 7) is 4.12. The summed E-state index contributed by atoms with van der Waals surface area (Å²) >= 11 is 0. The maximum Gasteiger partial charge on any atom is 0.306 e. The first kappa shape index (κ1) is 55.7. The van der Waals surface area contributed by atoms with Crippen molar-refractivity contribution in [1.29, 1.82) is 0 Å². The van der Waals surface area contributed by atoms with Crippen LogP contribution in [0.2, 0.25) is 0 Å². The molecule has 0 aromatic carbocycles. The molecule has 2 atom stereocenters. The molecule has 0 aliphatic rings. The molecule has 0 aromatic heterocycles. The lowest BCUT2D eigenvalue weighted by molar-refractivity contribution is -0.870. The summed E-state index contributed by atoms with van der Waals surface area (Å²) in [6, 6.07) is 0. The second kappa shape index (κ2) is 40.1. The largest absolute Gasteiger partial charge is 0.756 e. The van der Waals surface area contributed by atoms with Gasteiger partial charge in [-0.25, -0.2) is 0 Å². The van der Waals surface area contributed by atoms with Crippen LogP contribution in [-0.2, 0) is 32.7 Å². The highest BCUT2D eigenvalue weighted by molar-refractivity contribution is 7.45. The Labute approximate surface area is 356 Å². The van der Waals surface area contributed by atoms with Crippen LogP contribution in [-0.4, -0.2) is 70.0 Å². The Morgan fingerprint density at radius 3 is 1.45 bits per heavy atom. The van der Waals surface area contributed by atoms with Crippen LogP contribution in [0.1, 0.15) is 181 Å². The first-order chi connectivity index (χ1) is 28.0. The van der Waals surface area contributed by atoms with E-state index in [-0.39, 0.29) is 26.1 Å². The Balaban J connectivity index is 4.45. The third-order valence-electron chi connectivity index (χ3n) is 9.55. The number of phosphoric ester groups is 1. The minimum Gasteiger partial charge on any atom is -0.756 e. The number of quaternary nitrogens is 1. The molecule has 10 heteroatoms. The fourth-order valence-electron chi connectivity index (χ4n) is 5.93. The highest BCUT2D eigenvalue weighted by Gasteiger charge is 2.21. The minimum absolute atomic E-state index is 0.0428. The number of hydrogen-bond donors (Lipinski definition) is 0. The van der Waals surface area contributed by atoms with E-state index in [1.807, 2.05) is 33.3 Å². The van der Waals surface area contributed by atoms with E-state index in [4.69, 9.17) is 18.5 Å². The molecular weight excluding hydrogens is 750 g/mol. The summed E-state index contributed by atoms with van der Waals surface area (Å²) in [4.78, 5) is 37.5. The Bertz CT molecular complexity index is 1170. The van der Waals surface area contributed by atoms with Gasteiger partial charge in [0.1, 0.15) is 19.8 Å². The van der Waals surface area contributed by atoms with Gasteiger partial charge >= 0.3 is 11.9 Å². The van der Waals surface area contributed by atoms with Crippen molar-refractivity contribution in [1.82, 2.24) is 0 Å². The van der Waals surface area contributed by atoms with Gasteiger partial charge in [0, 0.05) is 12.8 Å². The summed E-state index contributed by atoms with van der Waals surface area (Å²) in [7, 11) is 1.13. The fourth-order valence-corrected chi connectivity index (χ4v) is 6.66. The van der Waals surface area contributed by atoms with E-state index in [0.717, 1.165) is 44.9 Å². The van der Waals surface area contributed by atoms with E-state index in [0.29, 0.717) is 23.9 Å². The minimum atomic E-state index is -4.64. The van der Waals surface area contributed by atoms with Gasteiger partial charge in [0.25, 0.3) is 7.82 Å². The Hall–Kier alpha value is -2.29. The van der Waals surface area contributed by atoms with Crippen molar-refractivity contribution in [3.63, 3.8) is 0 Å². The lowest BCUT2D eigenvalue weighted by atomic mass is 10.0. The molecule has 0 fully saturated rings. The summed E-state index contributed by atoms with van der Waals surface area (Å²) in [6.07, 6.45) is 48.3. The molecular formula is C48H86NO8P. The van der Waals surface area contributed by atoms with Crippen LogP contribution in [0.25, 0.3) is 0 Å². The lowest BCUT2D eigenvalue weighted by Gasteiger charge is -2.28. The molecule has 0 rings (SSSR count). The number of phosphoric acid groups is 1. The van der Waals surface area contributed by atoms with Gasteiger partial charge in [-0.3, -0.25) is 14.2 Å². The van der Waals surface area contributed by atoms with Crippen molar-refractivity contribution in [3.8, 4) is 0 Å². The molecule has 0 aliphatic heterocycles. The summed E-state index contributed by atoms with van der Waals surface area (Å²) in [5.41, 5.74) is 0. The van der Waals surface area contributed by atoms with Gasteiger partial charge in [0.15, 0.2) is 6.10 Å². The number of carbonyl (C=O) groups is 2. The number of allylic oxidation sites excluding steroid dienone is 10. The molecule has 0 bridgehead atoms. The normalized spacial score (nSPS) is 14.1. The molecule has 0 N–H and O–H groups in total. The SMILES string of the molecule is CCCCC/C=C\C/C=C\C/C=C\C/C=C\C/C=C\CCC(=O)OC[C@H](COP(=O)([O-])OCC[N+](C)(C)C)OC(=O)CCCCCCCCCCCCCCCCC. The number of carbonyl (C=O) groups excluding carboxylic acids is 2. The highest BCUT2D eigenvalue weighted by Crippen LogP contribution is 2.38. The molecule has 0 heterocycles. The third-order valence-corrected chi connectivity index (χ3v) is 10.5. The van der Waals surface area contributed by atoms with Crippen LogP contribution < -0.4 is 4.89 Å². The van der Waals surface area contributed by atoms with Crippen LogP contribution in [0.3, 0.4) is 0 Å². The van der Waals surface area contributed by atoms with E-state index in [2.05, 4.69) is 62.5 Å². The molecule has 1 unspecified atom stereocenters. The zero-order valence-corrected chi connectivity index (χ0v) is 38.6. The third kappa shape index (κ3) is 43.3. The second-order valence-electron chi connectivity index (χ2n) is 16.4. The molecule has 0 spiro atoms. The molecule has 0 amide bonds. The van der Waals surface area contributed by atoms with Crippen LogP contribution in [0.5, 0.6) is 0 Å². The number of nitrogens with zero attached hydrogens (tertiary/aromatic N) is 1. The van der Waals surface area contributed by atoms with Crippen molar-refractivity contribution < 1.29 is 42.1 Å². The molecule has 0 aromatic rings. The Morgan fingerprint density at radius 2 is 0.966 bits per heavy atom. The maximum atomic E-state index is 12.7. The summed E-state index contributed by atoms with van der Waals surface area (Å²) < 4.78 is 33.8. The Morgan fingerprint density at radius 1 is 0.534 bits per heavy atom. The van der Waals surface area contributed by atoms with E-state index < -0.39 is 32.5 Å². The zero-order valence-electron chi connectivity index (χ0n) is 37.7. The first-order valence-corrected chi connectivity index (χ1v) is 24.5. The first-order valence-electron chi connectivity index (χ1n) is 23.0. The second-order valence-corrected chi connectivity index (χ2v) is 17.8. The number of ether oxygens (including phenoxy) is 2. The van der Waals surface area contributed by atoms with E-state index in [9.17, 15) is 19.0 Å². The van der Waals surface area contributed by atoms with Gasteiger partial charge in [-0.1, -0.05) is 177 Å². The van der Waals surface area contributed by atoms with Gasteiger partial charge in [-0.05, 0) is 51.4 Å². The van der Waals surface area contributed by atoms with E-state index >= 15 is 0 Å². The number of unbranched alkanes of at least 4 members (excludes halogenated alkanes) is 17. The van der Waals surface area contributed by atoms with E-state index in [1.54, 1.807) is 0 Å². The van der Waals surface area contributed by atoms with Crippen molar-refractivity contribution in [2.24, 2.45) is 0 Å². The zero-order chi connectivity index (χ0) is 42.8. The number of esters is 2. The monoisotopic (exact) mass is 836 g/mol. The molecule has 0 radical (unpaired) electrons. The lowest BCUT2D eigenvalue weighted by Crippen LogP contribution is -2.37. The summed E-state index contributed by atoms with van der Waals surface area (Å²) in [5, 5.41) is 0. The number of rotatable bonds is 41. The number of hydrogen-bond acceptors (Lipinski definition) is 8. The van der Waals surface area contributed by atoms with Crippen LogP contribution >= 0.6 is 7.82 Å². The van der Waals surface area contributed by atoms with Crippen molar-refractivity contribution in [2.45, 2.75) is 187 Å². The van der Waals surface area contributed by atoms with Gasteiger partial charge < -0.3 is 27.9 Å². The average Bonchev–Trinajstić information content (AvgIpc) is 3.17. The van der Waals surface area contributed by atoms with Crippen LogP contribution in [0, 0.1) is 0 Å². The molecule has 0 saturated heterocycles. The van der Waals surface area contributed by atoms with Crippen molar-refractivity contribution >= 4 is 19.8 Å². The molecule has 58 heavy (non-hydrogen) atoms. The maximum absolute atomic E-state index is 12.7. The van der Waals surface area contributed by atoms with Crippen LogP contribution in [0.4, 0.5) is 0 Å². The quantitative estimate of drug-likeness (QED) is 0.0197. The van der Waals surface area contributed by atoms with Gasteiger partial charge in [-0.15, -0.1) is 0 Å². The molecule has 336 valence electrons. The average molecular weight is 836 g/mol. The molecule has 9 nitrogen and oxygen atoms in total. The van der Waals surface area contributed by atoms with Gasteiger partial charge in [-0.2, -0.15) is 0 Å². The van der Waals surface area contributed by atoms with E-state index in [1.165, 1.54) is 96.3 Å². The summed E-state index contributed by atoms with van der Waals surface area (Å²) in [5.74, 6) is -0.930. The standard InChI is InChI=1S/C48H86NO8P/c1-6-8-10-12-14-16-18-20-22-23-24-25-27-28-30-32-34-36-38-40-47(50)54-44-46(45-56-58(52,53)55-43-42-49(3,4)5)57-48(51)41-39-37-35-33-31-29-26-21-19-17-15-13-11-9-7-2/h14,16,20,22,24-25,28,30,34,36,46H,6-13,15,17-19,21,23,26-27,29,31-33,35,37-45H2,1-5H3/b16-14-,22-20-,25-24-,30-28-,36-34-/t46-/m1/s1. The predicted octanol–water partition coefficient (Wildman–Crippen LogP) is 12.6. The van der Waals surface area contributed by atoms with Crippen molar-refractivity contribution in [3.05, 3.63) is 60.8 Å². The van der Waals surface area contributed by atoms with Crippen molar-refractivity contribution in [2.75, 3.05) is 47.5 Å². The van der Waals surface area contributed by atoms with Gasteiger partial charge in [0.05, 0.1) is 27.7 Å². The topological polar surface area (TPSA) is 111 Å². The predicted molar refractivity (Wildman–Crippen MR) is 240 cm³/mol. The fraction of sp³-hybridized carbons (Fsp3) is 0.750. The number of likely N-dealkylation sites (N-methyl/N-ethyl adjacent to an activating group) is 1. The van der Waals surface area contributed by atoms with Gasteiger partial charge in [0.2, 0.25) is 0 Å². The van der Waals surface area contributed by atoms with Crippen LogP contribution in [0.15, 0.2) is 60.8 Å². The molecule has 0 aliphatic carbocycles. The highest BCUT2D eigenvalue weighted by atomic mass is 31.2. The molecule has 0 saturated carbocycles. The smallest absolute Gasteiger partial charge is 0.306 e.